The van der Waals surface area contributed by atoms with E-state index >= 15 is 0 Å². The molecule has 1 aromatic heterocycles. The van der Waals surface area contributed by atoms with Gasteiger partial charge in [-0.05, 0) is 13.8 Å². The molecule has 0 saturated heterocycles. The van der Waals surface area contributed by atoms with Crippen LogP contribution in [0.2, 0.25) is 0 Å². The molecule has 0 saturated carbocycles. The third kappa shape index (κ3) is 2.10. The fourth-order valence-corrected chi connectivity index (χ4v) is 1.77. The third-order valence-corrected chi connectivity index (χ3v) is 2.45. The summed E-state index contributed by atoms with van der Waals surface area (Å²) in [6.07, 6.45) is 0. The van der Waals surface area contributed by atoms with Gasteiger partial charge in [0.25, 0.3) is 0 Å². The Morgan fingerprint density at radius 1 is 1.23 bits per heavy atom. The molecule has 1 aromatic rings. The number of aromatic nitrogens is 3. The van der Waals surface area contributed by atoms with Gasteiger partial charge in [0.15, 0.2) is 0 Å². The number of alkyl halides is 1. The second-order valence-corrected chi connectivity index (χ2v) is 4.29. The lowest BCUT2D eigenvalue weighted by molar-refractivity contribution is 0.537. The SMILES string of the molecule is CC(C)c1nnc(CBr)n1C(C)C. The van der Waals surface area contributed by atoms with Crippen molar-refractivity contribution in [3.05, 3.63) is 11.6 Å². The molecule has 0 aliphatic heterocycles. The van der Waals surface area contributed by atoms with Crippen LogP contribution in [0.4, 0.5) is 0 Å². The van der Waals surface area contributed by atoms with E-state index in [9.17, 15) is 0 Å². The Labute approximate surface area is 87.7 Å². The van der Waals surface area contributed by atoms with Crippen LogP contribution in [-0.2, 0) is 5.33 Å². The topological polar surface area (TPSA) is 30.7 Å². The summed E-state index contributed by atoms with van der Waals surface area (Å²) in [5.41, 5.74) is 0. The number of rotatable bonds is 3. The molecule has 4 heteroatoms. The summed E-state index contributed by atoms with van der Waals surface area (Å²) < 4.78 is 2.19. The minimum absolute atomic E-state index is 0.431. The van der Waals surface area contributed by atoms with Gasteiger partial charge in [-0.1, -0.05) is 29.8 Å². The van der Waals surface area contributed by atoms with Crippen molar-refractivity contribution in [2.75, 3.05) is 0 Å². The van der Waals surface area contributed by atoms with Crippen molar-refractivity contribution in [1.82, 2.24) is 14.8 Å². The zero-order valence-corrected chi connectivity index (χ0v) is 10.2. The van der Waals surface area contributed by atoms with Gasteiger partial charge in [-0.15, -0.1) is 10.2 Å². The fourth-order valence-electron chi connectivity index (χ4n) is 1.38. The van der Waals surface area contributed by atoms with E-state index in [0.29, 0.717) is 12.0 Å². The maximum Gasteiger partial charge on any atom is 0.143 e. The third-order valence-electron chi connectivity index (χ3n) is 1.95. The number of halogens is 1. The Kier molecular flexibility index (Phi) is 3.47. The van der Waals surface area contributed by atoms with Crippen molar-refractivity contribution >= 4 is 15.9 Å². The van der Waals surface area contributed by atoms with E-state index in [1.54, 1.807) is 0 Å². The summed E-state index contributed by atoms with van der Waals surface area (Å²) in [5.74, 6) is 2.52. The smallest absolute Gasteiger partial charge is 0.143 e. The molecule has 0 aliphatic rings. The van der Waals surface area contributed by atoms with Crippen LogP contribution in [0.15, 0.2) is 0 Å². The average molecular weight is 246 g/mol. The number of hydrogen-bond donors (Lipinski definition) is 0. The molecule has 0 fully saturated rings. The van der Waals surface area contributed by atoms with Crippen LogP contribution in [0, 0.1) is 0 Å². The standard InChI is InChI=1S/C9H16BrN3/c1-6(2)9-12-11-8(5-10)13(9)7(3)4/h6-7H,5H2,1-4H3. The van der Waals surface area contributed by atoms with Gasteiger partial charge >= 0.3 is 0 Å². The van der Waals surface area contributed by atoms with Gasteiger partial charge in [0.2, 0.25) is 0 Å². The van der Waals surface area contributed by atoms with Crippen molar-refractivity contribution in [2.24, 2.45) is 0 Å². The van der Waals surface area contributed by atoms with Gasteiger partial charge < -0.3 is 4.57 Å². The molecule has 1 heterocycles. The van der Waals surface area contributed by atoms with Crippen LogP contribution in [0.5, 0.6) is 0 Å². The molecule has 0 atom stereocenters. The predicted molar refractivity (Wildman–Crippen MR) is 57.1 cm³/mol. The molecular formula is C9H16BrN3. The normalized spacial score (nSPS) is 11.6. The molecule has 0 radical (unpaired) electrons. The molecule has 0 N–H and O–H groups in total. The van der Waals surface area contributed by atoms with Crippen molar-refractivity contribution in [3.63, 3.8) is 0 Å². The summed E-state index contributed by atoms with van der Waals surface area (Å²) in [4.78, 5) is 0. The monoisotopic (exact) mass is 245 g/mol. The Morgan fingerprint density at radius 2 is 1.85 bits per heavy atom. The molecule has 3 nitrogen and oxygen atoms in total. The molecule has 0 bridgehead atoms. The minimum Gasteiger partial charge on any atom is -0.312 e. The van der Waals surface area contributed by atoms with E-state index in [-0.39, 0.29) is 0 Å². The van der Waals surface area contributed by atoms with Crippen molar-refractivity contribution in [2.45, 2.75) is 45.0 Å². The lowest BCUT2D eigenvalue weighted by Crippen LogP contribution is -2.10. The fraction of sp³-hybridized carbons (Fsp3) is 0.778. The van der Waals surface area contributed by atoms with E-state index in [1.807, 2.05) is 0 Å². The van der Waals surface area contributed by atoms with E-state index in [1.165, 1.54) is 0 Å². The van der Waals surface area contributed by atoms with Crippen LogP contribution in [-0.4, -0.2) is 14.8 Å². The zero-order valence-electron chi connectivity index (χ0n) is 8.58. The Balaban J connectivity index is 3.14. The molecule has 13 heavy (non-hydrogen) atoms. The van der Waals surface area contributed by atoms with E-state index < -0.39 is 0 Å². The van der Waals surface area contributed by atoms with Gasteiger partial charge in [-0.25, -0.2) is 0 Å². The van der Waals surface area contributed by atoms with Gasteiger partial charge in [-0.3, -0.25) is 0 Å². The van der Waals surface area contributed by atoms with Crippen LogP contribution < -0.4 is 0 Å². The summed E-state index contributed by atoms with van der Waals surface area (Å²) in [6, 6.07) is 0.431. The first kappa shape index (κ1) is 10.7. The highest BCUT2D eigenvalue weighted by Crippen LogP contribution is 2.19. The second-order valence-electron chi connectivity index (χ2n) is 3.73. The van der Waals surface area contributed by atoms with E-state index in [4.69, 9.17) is 0 Å². The van der Waals surface area contributed by atoms with Gasteiger partial charge in [0.05, 0.1) is 5.33 Å². The molecule has 1 rings (SSSR count). The first-order valence-electron chi connectivity index (χ1n) is 4.57. The van der Waals surface area contributed by atoms with E-state index in [2.05, 4.69) is 58.4 Å². The van der Waals surface area contributed by atoms with Crippen molar-refractivity contribution < 1.29 is 0 Å². The summed E-state index contributed by atoms with van der Waals surface area (Å²) in [6.45, 7) is 8.59. The molecule has 0 spiro atoms. The highest BCUT2D eigenvalue weighted by atomic mass is 79.9. The molecule has 0 aromatic carbocycles. The van der Waals surface area contributed by atoms with Crippen LogP contribution >= 0.6 is 15.9 Å². The lowest BCUT2D eigenvalue weighted by Gasteiger charge is -2.14. The molecule has 74 valence electrons. The Bertz CT molecular complexity index is 278. The molecular weight excluding hydrogens is 230 g/mol. The van der Waals surface area contributed by atoms with Crippen molar-refractivity contribution in [1.29, 1.82) is 0 Å². The largest absolute Gasteiger partial charge is 0.312 e. The van der Waals surface area contributed by atoms with Crippen LogP contribution in [0.1, 0.15) is 51.3 Å². The first-order chi connectivity index (χ1) is 6.07. The number of hydrogen-bond acceptors (Lipinski definition) is 2. The summed E-state index contributed by atoms with van der Waals surface area (Å²) in [7, 11) is 0. The Morgan fingerprint density at radius 3 is 2.23 bits per heavy atom. The first-order valence-corrected chi connectivity index (χ1v) is 5.69. The second kappa shape index (κ2) is 4.22. The zero-order chi connectivity index (χ0) is 10.0. The minimum atomic E-state index is 0.431. The maximum absolute atomic E-state index is 4.19. The predicted octanol–water partition coefficient (Wildman–Crippen LogP) is 2.88. The van der Waals surface area contributed by atoms with Gasteiger partial charge in [0, 0.05) is 12.0 Å². The quantitative estimate of drug-likeness (QED) is 0.768. The maximum atomic E-state index is 4.19. The Hall–Kier alpha value is -0.380. The lowest BCUT2D eigenvalue weighted by atomic mass is 10.2. The van der Waals surface area contributed by atoms with Crippen LogP contribution in [0.25, 0.3) is 0 Å². The average Bonchev–Trinajstić information content (AvgIpc) is 2.46. The molecule has 0 aliphatic carbocycles. The summed E-state index contributed by atoms with van der Waals surface area (Å²) >= 11 is 3.42. The van der Waals surface area contributed by atoms with Crippen LogP contribution in [0.3, 0.4) is 0 Å². The van der Waals surface area contributed by atoms with Crippen molar-refractivity contribution in [3.8, 4) is 0 Å². The van der Waals surface area contributed by atoms with Gasteiger partial charge in [-0.2, -0.15) is 0 Å². The summed E-state index contributed by atoms with van der Waals surface area (Å²) in [5, 5.41) is 9.10. The molecule has 0 amide bonds. The highest BCUT2D eigenvalue weighted by Gasteiger charge is 2.15. The highest BCUT2D eigenvalue weighted by molar-refractivity contribution is 9.08. The van der Waals surface area contributed by atoms with Gasteiger partial charge in [0.1, 0.15) is 11.6 Å². The van der Waals surface area contributed by atoms with E-state index in [0.717, 1.165) is 17.0 Å². The number of nitrogens with zero attached hydrogens (tertiary/aromatic N) is 3. The molecule has 0 unspecified atom stereocenters.